The molecule has 0 aromatic carbocycles. The highest BCUT2D eigenvalue weighted by molar-refractivity contribution is 5.05. The Kier molecular flexibility index (Phi) is 3.53. The van der Waals surface area contributed by atoms with E-state index in [1.807, 2.05) is 13.8 Å². The molecule has 0 bridgehead atoms. The third-order valence-corrected chi connectivity index (χ3v) is 2.43. The summed E-state index contributed by atoms with van der Waals surface area (Å²) in [5, 5.41) is 6.94. The third kappa shape index (κ3) is 3.13. The maximum atomic E-state index is 5.45. The van der Waals surface area contributed by atoms with Gasteiger partial charge in [0.1, 0.15) is 5.76 Å². The molecule has 2 heterocycles. The first kappa shape index (κ1) is 11.8. The Morgan fingerprint density at radius 3 is 2.53 bits per heavy atom. The first-order chi connectivity index (χ1) is 8.15. The molecule has 0 fully saturated rings. The van der Waals surface area contributed by atoms with Gasteiger partial charge >= 0.3 is 0 Å². The van der Waals surface area contributed by atoms with E-state index in [0.29, 0.717) is 30.6 Å². The Bertz CT molecular complexity index is 470. The fourth-order valence-electron chi connectivity index (χ4n) is 1.45. The van der Waals surface area contributed by atoms with Crippen molar-refractivity contribution in [1.82, 2.24) is 20.4 Å². The average Bonchev–Trinajstić information content (AvgIpc) is 2.82. The highest BCUT2D eigenvalue weighted by Crippen LogP contribution is 2.07. The number of hydrogen-bond acceptors (Lipinski definition) is 6. The summed E-state index contributed by atoms with van der Waals surface area (Å²) in [4.78, 5) is 8.39. The average molecular weight is 236 g/mol. The molecular formula is C11H16N4O2. The van der Waals surface area contributed by atoms with E-state index in [0.717, 1.165) is 18.0 Å². The van der Waals surface area contributed by atoms with E-state index < -0.39 is 0 Å². The molecule has 6 heteroatoms. The zero-order chi connectivity index (χ0) is 12.3. The smallest absolute Gasteiger partial charge is 0.227 e. The summed E-state index contributed by atoms with van der Waals surface area (Å²) in [6, 6.07) is 0. The van der Waals surface area contributed by atoms with Crippen LogP contribution in [0.1, 0.15) is 29.1 Å². The van der Waals surface area contributed by atoms with Crippen molar-refractivity contribution in [3.8, 4) is 0 Å². The Balaban J connectivity index is 1.73. The molecule has 0 unspecified atom stereocenters. The summed E-state index contributed by atoms with van der Waals surface area (Å²) in [5.41, 5.74) is 0.939. The predicted molar refractivity (Wildman–Crippen MR) is 60.4 cm³/mol. The fourth-order valence-corrected chi connectivity index (χ4v) is 1.45. The third-order valence-electron chi connectivity index (χ3n) is 2.43. The summed E-state index contributed by atoms with van der Waals surface area (Å²) in [5.74, 6) is 2.89. The second-order valence-electron chi connectivity index (χ2n) is 3.91. The van der Waals surface area contributed by atoms with E-state index in [1.54, 1.807) is 6.92 Å². The van der Waals surface area contributed by atoms with Gasteiger partial charge in [0, 0.05) is 13.0 Å². The summed E-state index contributed by atoms with van der Waals surface area (Å²) < 4.78 is 10.4. The van der Waals surface area contributed by atoms with Crippen LogP contribution >= 0.6 is 0 Å². The van der Waals surface area contributed by atoms with Crippen LogP contribution < -0.4 is 5.32 Å². The van der Waals surface area contributed by atoms with Crippen LogP contribution in [0.4, 0.5) is 0 Å². The molecule has 0 radical (unpaired) electrons. The maximum Gasteiger partial charge on any atom is 0.227 e. The lowest BCUT2D eigenvalue weighted by atomic mass is 10.4. The van der Waals surface area contributed by atoms with Crippen molar-refractivity contribution < 1.29 is 8.94 Å². The van der Waals surface area contributed by atoms with E-state index in [9.17, 15) is 0 Å². The first-order valence-corrected chi connectivity index (χ1v) is 5.58. The topological polar surface area (TPSA) is 77.0 Å². The van der Waals surface area contributed by atoms with Gasteiger partial charge in [0.15, 0.2) is 5.82 Å². The Morgan fingerprint density at radius 2 is 1.94 bits per heavy atom. The number of aryl methyl sites for hydroxylation is 3. The van der Waals surface area contributed by atoms with E-state index >= 15 is 0 Å². The van der Waals surface area contributed by atoms with Crippen molar-refractivity contribution in [2.24, 2.45) is 0 Å². The summed E-state index contributed by atoms with van der Waals surface area (Å²) in [6.45, 7) is 7.01. The Hall–Kier alpha value is -1.69. The molecule has 0 atom stereocenters. The molecule has 0 aliphatic heterocycles. The standard InChI is InChI=1S/C11H16N4O2/c1-7-8(2)16-11(13-7)6-12-5-4-10-14-9(3)15-17-10/h12H,4-6H2,1-3H3. The summed E-state index contributed by atoms with van der Waals surface area (Å²) in [6.07, 6.45) is 0.708. The number of rotatable bonds is 5. The second kappa shape index (κ2) is 5.09. The minimum Gasteiger partial charge on any atom is -0.444 e. The van der Waals surface area contributed by atoms with Gasteiger partial charge in [-0.05, 0) is 20.8 Å². The molecule has 2 aromatic rings. The molecule has 2 aromatic heterocycles. The molecule has 0 aliphatic carbocycles. The zero-order valence-electron chi connectivity index (χ0n) is 10.3. The van der Waals surface area contributed by atoms with E-state index in [1.165, 1.54) is 0 Å². The first-order valence-electron chi connectivity index (χ1n) is 5.58. The van der Waals surface area contributed by atoms with Crippen molar-refractivity contribution in [1.29, 1.82) is 0 Å². The predicted octanol–water partition coefficient (Wildman–Crippen LogP) is 1.32. The van der Waals surface area contributed by atoms with Crippen LogP contribution in [0.5, 0.6) is 0 Å². The van der Waals surface area contributed by atoms with Crippen LogP contribution in [0.15, 0.2) is 8.94 Å². The van der Waals surface area contributed by atoms with Gasteiger partial charge in [-0.2, -0.15) is 4.98 Å². The van der Waals surface area contributed by atoms with Gasteiger partial charge < -0.3 is 14.3 Å². The number of nitrogens with one attached hydrogen (secondary N) is 1. The molecule has 2 rings (SSSR count). The monoisotopic (exact) mass is 236 g/mol. The highest BCUT2D eigenvalue weighted by atomic mass is 16.5. The lowest BCUT2D eigenvalue weighted by molar-refractivity contribution is 0.370. The van der Waals surface area contributed by atoms with Crippen LogP contribution in [-0.2, 0) is 13.0 Å². The quantitative estimate of drug-likeness (QED) is 0.789. The lowest BCUT2D eigenvalue weighted by Gasteiger charge is -1.98. The normalized spacial score (nSPS) is 11.0. The lowest BCUT2D eigenvalue weighted by Crippen LogP contribution is -2.17. The maximum absolute atomic E-state index is 5.45. The van der Waals surface area contributed by atoms with Crippen LogP contribution in [0.2, 0.25) is 0 Å². The molecule has 17 heavy (non-hydrogen) atoms. The van der Waals surface area contributed by atoms with Crippen molar-refractivity contribution in [2.45, 2.75) is 33.7 Å². The summed E-state index contributed by atoms with van der Waals surface area (Å²) >= 11 is 0. The molecule has 0 saturated heterocycles. The number of nitrogens with zero attached hydrogens (tertiary/aromatic N) is 3. The van der Waals surface area contributed by atoms with Gasteiger partial charge in [0.2, 0.25) is 11.8 Å². The van der Waals surface area contributed by atoms with Crippen LogP contribution in [0, 0.1) is 20.8 Å². The van der Waals surface area contributed by atoms with Crippen molar-refractivity contribution in [2.75, 3.05) is 6.54 Å². The number of hydrogen-bond donors (Lipinski definition) is 1. The number of oxazole rings is 1. The molecular weight excluding hydrogens is 220 g/mol. The van der Waals surface area contributed by atoms with Crippen molar-refractivity contribution >= 4 is 0 Å². The molecule has 0 amide bonds. The Morgan fingerprint density at radius 1 is 1.12 bits per heavy atom. The fraction of sp³-hybridized carbons (Fsp3) is 0.545. The van der Waals surface area contributed by atoms with Gasteiger partial charge in [-0.25, -0.2) is 4.98 Å². The van der Waals surface area contributed by atoms with Crippen molar-refractivity contribution in [3.63, 3.8) is 0 Å². The van der Waals surface area contributed by atoms with Gasteiger partial charge in [0.25, 0.3) is 0 Å². The SMILES string of the molecule is Cc1noc(CCNCc2nc(C)c(C)o2)n1. The molecule has 0 spiro atoms. The minimum absolute atomic E-state index is 0.613. The number of aromatic nitrogens is 3. The summed E-state index contributed by atoms with van der Waals surface area (Å²) in [7, 11) is 0. The molecule has 6 nitrogen and oxygen atoms in total. The van der Waals surface area contributed by atoms with Gasteiger partial charge in [-0.15, -0.1) is 0 Å². The molecule has 0 saturated carbocycles. The van der Waals surface area contributed by atoms with E-state index in [-0.39, 0.29) is 0 Å². The highest BCUT2D eigenvalue weighted by Gasteiger charge is 2.05. The Labute approximate surface area is 99.4 Å². The van der Waals surface area contributed by atoms with Gasteiger partial charge in [-0.1, -0.05) is 5.16 Å². The van der Waals surface area contributed by atoms with E-state index in [2.05, 4.69) is 20.4 Å². The van der Waals surface area contributed by atoms with Crippen molar-refractivity contribution in [3.05, 3.63) is 29.1 Å². The van der Waals surface area contributed by atoms with E-state index in [4.69, 9.17) is 8.94 Å². The largest absolute Gasteiger partial charge is 0.444 e. The molecule has 1 N–H and O–H groups in total. The zero-order valence-corrected chi connectivity index (χ0v) is 10.3. The van der Waals surface area contributed by atoms with Crippen LogP contribution in [-0.4, -0.2) is 21.7 Å². The minimum atomic E-state index is 0.613. The molecule has 92 valence electrons. The molecule has 0 aliphatic rings. The van der Waals surface area contributed by atoms with Crippen LogP contribution in [0.25, 0.3) is 0 Å². The van der Waals surface area contributed by atoms with Crippen LogP contribution in [0.3, 0.4) is 0 Å². The van der Waals surface area contributed by atoms with Gasteiger partial charge in [0.05, 0.1) is 12.2 Å². The second-order valence-corrected chi connectivity index (χ2v) is 3.91. The van der Waals surface area contributed by atoms with Gasteiger partial charge in [-0.3, -0.25) is 0 Å².